The average molecular weight is 365 g/mol. The molecule has 1 N–H and O–H groups in total. The predicted molar refractivity (Wildman–Crippen MR) is 93.4 cm³/mol. The molecular formula is C18H15N5O4. The topological polar surface area (TPSA) is 120 Å². The van der Waals surface area contributed by atoms with E-state index in [1.54, 1.807) is 25.1 Å². The minimum Gasteiger partial charge on any atom is -0.461 e. The molecule has 4 aromatic rings. The van der Waals surface area contributed by atoms with Crippen LogP contribution in [-0.4, -0.2) is 26.2 Å². The monoisotopic (exact) mass is 365 g/mol. The van der Waals surface area contributed by atoms with E-state index in [0.29, 0.717) is 46.9 Å². The standard InChI is InChI=1S/C18H15N5O4/c1-11-19-17(22-26-11)12-5-2-3-6-13(12)20-15(24)8-9-16-21-18(23-27-16)14-7-4-10-25-14/h2-7,10H,8-9H2,1H3,(H,20,24). The van der Waals surface area contributed by atoms with E-state index in [0.717, 1.165) is 0 Å². The molecule has 9 nitrogen and oxygen atoms in total. The van der Waals surface area contributed by atoms with Crippen molar-refractivity contribution in [2.24, 2.45) is 0 Å². The number of nitrogens with zero attached hydrogens (tertiary/aromatic N) is 4. The Morgan fingerprint density at radius 3 is 2.67 bits per heavy atom. The Morgan fingerprint density at radius 2 is 1.89 bits per heavy atom. The van der Waals surface area contributed by atoms with Crippen LogP contribution in [0.5, 0.6) is 0 Å². The van der Waals surface area contributed by atoms with Crippen LogP contribution in [-0.2, 0) is 11.2 Å². The van der Waals surface area contributed by atoms with Crippen molar-refractivity contribution in [2.45, 2.75) is 19.8 Å². The quantitative estimate of drug-likeness (QED) is 0.553. The third kappa shape index (κ3) is 3.76. The molecule has 1 aromatic carbocycles. The zero-order valence-electron chi connectivity index (χ0n) is 14.4. The molecule has 136 valence electrons. The van der Waals surface area contributed by atoms with Crippen LogP contribution in [0.25, 0.3) is 23.0 Å². The molecule has 0 aliphatic heterocycles. The maximum atomic E-state index is 12.3. The summed E-state index contributed by atoms with van der Waals surface area (Å²) in [5, 5.41) is 10.6. The van der Waals surface area contributed by atoms with Gasteiger partial charge in [-0.2, -0.15) is 9.97 Å². The largest absolute Gasteiger partial charge is 0.461 e. The summed E-state index contributed by atoms with van der Waals surface area (Å²) in [5.74, 6) is 1.91. The summed E-state index contributed by atoms with van der Waals surface area (Å²) in [6.07, 6.45) is 2.02. The Morgan fingerprint density at radius 1 is 1.04 bits per heavy atom. The molecular weight excluding hydrogens is 350 g/mol. The van der Waals surface area contributed by atoms with Gasteiger partial charge in [0.15, 0.2) is 5.76 Å². The van der Waals surface area contributed by atoms with Gasteiger partial charge in [-0.05, 0) is 24.3 Å². The van der Waals surface area contributed by atoms with Crippen molar-refractivity contribution in [3.05, 3.63) is 54.4 Å². The molecule has 0 unspecified atom stereocenters. The maximum Gasteiger partial charge on any atom is 0.238 e. The summed E-state index contributed by atoms with van der Waals surface area (Å²) in [4.78, 5) is 20.7. The van der Waals surface area contributed by atoms with Gasteiger partial charge in [-0.25, -0.2) is 0 Å². The lowest BCUT2D eigenvalue weighted by Gasteiger charge is -2.07. The molecule has 27 heavy (non-hydrogen) atoms. The Labute approximate surface area is 153 Å². The highest BCUT2D eigenvalue weighted by atomic mass is 16.5. The summed E-state index contributed by atoms with van der Waals surface area (Å²) in [5.41, 5.74) is 1.28. The summed E-state index contributed by atoms with van der Waals surface area (Å²) >= 11 is 0. The molecule has 0 atom stereocenters. The highest BCUT2D eigenvalue weighted by Crippen LogP contribution is 2.25. The van der Waals surface area contributed by atoms with Gasteiger partial charge in [0, 0.05) is 25.3 Å². The van der Waals surface area contributed by atoms with Crippen molar-refractivity contribution in [1.29, 1.82) is 0 Å². The SMILES string of the molecule is Cc1nc(-c2ccccc2NC(=O)CCc2nc(-c3ccco3)no2)no1. The van der Waals surface area contributed by atoms with Crippen molar-refractivity contribution >= 4 is 11.6 Å². The van der Waals surface area contributed by atoms with Crippen molar-refractivity contribution in [1.82, 2.24) is 20.3 Å². The molecule has 3 heterocycles. The first kappa shape index (κ1) is 16.7. The fourth-order valence-corrected chi connectivity index (χ4v) is 2.49. The zero-order chi connectivity index (χ0) is 18.6. The smallest absolute Gasteiger partial charge is 0.238 e. The summed E-state index contributed by atoms with van der Waals surface area (Å²) < 4.78 is 15.4. The highest BCUT2D eigenvalue weighted by Gasteiger charge is 2.15. The number of furan rings is 1. The van der Waals surface area contributed by atoms with Crippen LogP contribution >= 0.6 is 0 Å². The number of aromatic nitrogens is 4. The molecule has 0 saturated carbocycles. The van der Waals surface area contributed by atoms with Gasteiger partial charge in [-0.15, -0.1) is 0 Å². The first-order valence-corrected chi connectivity index (χ1v) is 8.25. The van der Waals surface area contributed by atoms with Crippen molar-refractivity contribution in [2.75, 3.05) is 5.32 Å². The molecule has 3 aromatic heterocycles. The Kier molecular flexibility index (Phi) is 4.48. The number of carbonyl (C=O) groups is 1. The summed E-state index contributed by atoms with van der Waals surface area (Å²) in [7, 11) is 0. The molecule has 0 aliphatic carbocycles. The number of carbonyl (C=O) groups excluding carboxylic acids is 1. The predicted octanol–water partition coefficient (Wildman–Crippen LogP) is 3.26. The third-order valence-corrected chi connectivity index (χ3v) is 3.75. The Hall–Kier alpha value is -3.75. The highest BCUT2D eigenvalue weighted by molar-refractivity contribution is 5.94. The van der Waals surface area contributed by atoms with Gasteiger partial charge < -0.3 is 18.8 Å². The van der Waals surface area contributed by atoms with Crippen LogP contribution in [0.3, 0.4) is 0 Å². The normalized spacial score (nSPS) is 10.9. The molecule has 9 heteroatoms. The first-order chi connectivity index (χ1) is 13.2. The van der Waals surface area contributed by atoms with Gasteiger partial charge in [0.05, 0.1) is 12.0 Å². The number of para-hydroxylation sites is 1. The van der Waals surface area contributed by atoms with Crippen LogP contribution in [0.2, 0.25) is 0 Å². The number of aryl methyl sites for hydroxylation is 2. The Bertz CT molecular complexity index is 1050. The number of amides is 1. The van der Waals surface area contributed by atoms with Gasteiger partial charge in [0.25, 0.3) is 0 Å². The molecule has 1 amide bonds. The molecule has 4 rings (SSSR count). The fourth-order valence-electron chi connectivity index (χ4n) is 2.49. The molecule has 0 radical (unpaired) electrons. The van der Waals surface area contributed by atoms with Crippen LogP contribution in [0.4, 0.5) is 5.69 Å². The van der Waals surface area contributed by atoms with Crippen LogP contribution in [0.15, 0.2) is 56.1 Å². The van der Waals surface area contributed by atoms with Gasteiger partial charge in [-0.3, -0.25) is 4.79 Å². The van der Waals surface area contributed by atoms with E-state index in [2.05, 4.69) is 25.6 Å². The fraction of sp³-hybridized carbons (Fsp3) is 0.167. The van der Waals surface area contributed by atoms with Crippen molar-refractivity contribution in [3.63, 3.8) is 0 Å². The van der Waals surface area contributed by atoms with E-state index in [1.807, 2.05) is 18.2 Å². The van der Waals surface area contributed by atoms with Crippen molar-refractivity contribution in [3.8, 4) is 23.0 Å². The number of hydrogen-bond donors (Lipinski definition) is 1. The summed E-state index contributed by atoms with van der Waals surface area (Å²) in [6, 6.07) is 10.7. The van der Waals surface area contributed by atoms with E-state index in [9.17, 15) is 4.79 Å². The Balaban J connectivity index is 1.40. The van der Waals surface area contributed by atoms with Crippen LogP contribution < -0.4 is 5.32 Å². The number of rotatable bonds is 6. The molecule has 0 saturated heterocycles. The number of nitrogens with one attached hydrogen (secondary N) is 1. The van der Waals surface area contributed by atoms with E-state index < -0.39 is 0 Å². The van der Waals surface area contributed by atoms with Crippen molar-refractivity contribution < 1.29 is 18.3 Å². The molecule has 0 fully saturated rings. The van der Waals surface area contributed by atoms with Gasteiger partial charge in [-0.1, -0.05) is 22.4 Å². The third-order valence-electron chi connectivity index (χ3n) is 3.75. The lowest BCUT2D eigenvalue weighted by Crippen LogP contribution is -2.13. The molecule has 0 bridgehead atoms. The zero-order valence-corrected chi connectivity index (χ0v) is 14.4. The van der Waals surface area contributed by atoms with Gasteiger partial charge >= 0.3 is 0 Å². The molecule has 0 aliphatic rings. The van der Waals surface area contributed by atoms with Gasteiger partial charge in [0.1, 0.15) is 0 Å². The molecule has 0 spiro atoms. The van der Waals surface area contributed by atoms with Gasteiger partial charge in [0.2, 0.25) is 29.3 Å². The van der Waals surface area contributed by atoms with E-state index in [4.69, 9.17) is 13.5 Å². The number of benzene rings is 1. The average Bonchev–Trinajstić information content (AvgIpc) is 3.42. The second kappa shape index (κ2) is 7.24. The number of hydrogen-bond acceptors (Lipinski definition) is 8. The summed E-state index contributed by atoms with van der Waals surface area (Å²) in [6.45, 7) is 1.71. The van der Waals surface area contributed by atoms with Crippen LogP contribution in [0.1, 0.15) is 18.2 Å². The second-order valence-corrected chi connectivity index (χ2v) is 5.72. The number of anilines is 1. The minimum absolute atomic E-state index is 0.180. The van der Waals surface area contributed by atoms with Crippen LogP contribution in [0, 0.1) is 6.92 Å². The van der Waals surface area contributed by atoms with E-state index in [-0.39, 0.29) is 12.3 Å². The minimum atomic E-state index is -0.194. The maximum absolute atomic E-state index is 12.3. The second-order valence-electron chi connectivity index (χ2n) is 5.72. The lowest BCUT2D eigenvalue weighted by molar-refractivity contribution is -0.116. The van der Waals surface area contributed by atoms with E-state index >= 15 is 0 Å². The lowest BCUT2D eigenvalue weighted by atomic mass is 10.1. The van der Waals surface area contributed by atoms with E-state index in [1.165, 1.54) is 6.26 Å². The first-order valence-electron chi connectivity index (χ1n) is 8.25.